The van der Waals surface area contributed by atoms with Crippen molar-refractivity contribution in [3.63, 3.8) is 0 Å². The maximum Gasteiger partial charge on any atom is 0.253 e. The zero-order valence-electron chi connectivity index (χ0n) is 16.1. The molecule has 1 aliphatic rings. The lowest BCUT2D eigenvalue weighted by molar-refractivity contribution is -0.117. The Labute approximate surface area is 171 Å². The second-order valence-corrected chi connectivity index (χ2v) is 7.25. The van der Waals surface area contributed by atoms with Crippen LogP contribution in [0.1, 0.15) is 19.4 Å². The third kappa shape index (κ3) is 4.32. The Morgan fingerprint density at radius 2 is 1.90 bits per heavy atom. The molecule has 0 radical (unpaired) electrons. The highest BCUT2D eigenvalue weighted by molar-refractivity contribution is 7.85. The first-order valence-electron chi connectivity index (χ1n) is 9.20. The van der Waals surface area contributed by atoms with Gasteiger partial charge in [0.05, 0.1) is 0 Å². The van der Waals surface area contributed by atoms with E-state index in [0.717, 1.165) is 9.87 Å². The molecule has 1 unspecified atom stereocenters. The van der Waals surface area contributed by atoms with Crippen molar-refractivity contribution >= 4 is 39.2 Å². The highest BCUT2D eigenvalue weighted by Gasteiger charge is 2.32. The van der Waals surface area contributed by atoms with Gasteiger partial charge in [-0.15, -0.1) is 0 Å². The van der Waals surface area contributed by atoms with Gasteiger partial charge in [-0.25, -0.2) is 8.60 Å². The molecule has 0 aliphatic carbocycles. The van der Waals surface area contributed by atoms with Gasteiger partial charge < -0.3 is 10.5 Å². The van der Waals surface area contributed by atoms with Crippen LogP contribution < -0.4 is 19.5 Å². The standard InChI is InChI=1S/C19H16FN3O3S.C2H6/c20-18-15-7-6-14(21)8-13(15)9-16(26-11-12-4-2-1-3-5-12)19(18)23-10-17(24)22-27(23)25;1-2/h1-9H,10-11,21H2,(H,22,24);1-2H3. The number of carbonyl (C=O) groups is 1. The van der Waals surface area contributed by atoms with Gasteiger partial charge in [-0.1, -0.05) is 44.2 Å². The average Bonchev–Trinajstić information content (AvgIpc) is 3.06. The Morgan fingerprint density at radius 3 is 2.55 bits per heavy atom. The average molecular weight is 415 g/mol. The van der Waals surface area contributed by atoms with Crippen molar-refractivity contribution in [1.82, 2.24) is 4.72 Å². The molecule has 1 fully saturated rings. The van der Waals surface area contributed by atoms with Crippen LogP contribution in [0.15, 0.2) is 54.6 Å². The molecular weight excluding hydrogens is 393 g/mol. The predicted octanol–water partition coefficient (Wildman–Crippen LogP) is 3.68. The third-order valence-electron chi connectivity index (χ3n) is 4.22. The number of amides is 1. The molecule has 4 rings (SSSR count). The maximum absolute atomic E-state index is 15.3. The molecule has 1 aliphatic heterocycles. The van der Waals surface area contributed by atoms with Crippen LogP contribution in [0.25, 0.3) is 10.8 Å². The minimum Gasteiger partial charge on any atom is -0.487 e. The molecule has 6 nitrogen and oxygen atoms in total. The van der Waals surface area contributed by atoms with Crippen LogP contribution in [0.2, 0.25) is 0 Å². The van der Waals surface area contributed by atoms with Gasteiger partial charge in [0.1, 0.15) is 24.6 Å². The number of nitrogens with two attached hydrogens (primary N) is 1. The summed E-state index contributed by atoms with van der Waals surface area (Å²) in [4.78, 5) is 11.6. The lowest BCUT2D eigenvalue weighted by Gasteiger charge is -2.20. The zero-order valence-corrected chi connectivity index (χ0v) is 17.0. The molecule has 152 valence electrons. The highest BCUT2D eigenvalue weighted by atomic mass is 32.2. The van der Waals surface area contributed by atoms with Crippen LogP contribution in [-0.4, -0.2) is 16.7 Å². The normalized spacial score (nSPS) is 15.6. The van der Waals surface area contributed by atoms with E-state index in [-0.39, 0.29) is 24.6 Å². The van der Waals surface area contributed by atoms with Crippen molar-refractivity contribution in [2.75, 3.05) is 16.6 Å². The molecule has 0 aromatic heterocycles. The maximum atomic E-state index is 15.3. The van der Waals surface area contributed by atoms with Gasteiger partial charge in [0.25, 0.3) is 5.91 Å². The van der Waals surface area contributed by atoms with Crippen LogP contribution in [0, 0.1) is 5.82 Å². The number of nitrogens with one attached hydrogen (secondary N) is 1. The molecule has 1 heterocycles. The fourth-order valence-corrected chi connectivity index (χ4v) is 3.90. The highest BCUT2D eigenvalue weighted by Crippen LogP contribution is 2.39. The summed E-state index contributed by atoms with van der Waals surface area (Å²) in [6, 6.07) is 15.8. The molecule has 8 heteroatoms. The number of ether oxygens (including phenoxy) is 1. The van der Waals surface area contributed by atoms with Crippen LogP contribution >= 0.6 is 0 Å². The number of hydrogen-bond acceptors (Lipinski definition) is 4. The summed E-state index contributed by atoms with van der Waals surface area (Å²) >= 11 is -1.87. The van der Waals surface area contributed by atoms with Crippen molar-refractivity contribution in [3.8, 4) is 5.75 Å². The molecule has 1 amide bonds. The van der Waals surface area contributed by atoms with Gasteiger partial charge in [0.15, 0.2) is 5.82 Å². The zero-order chi connectivity index (χ0) is 21.0. The Hall–Kier alpha value is -3.13. The van der Waals surface area contributed by atoms with Gasteiger partial charge in [-0.2, -0.15) is 0 Å². The molecule has 1 saturated heterocycles. The summed E-state index contributed by atoms with van der Waals surface area (Å²) in [6.45, 7) is 3.98. The van der Waals surface area contributed by atoms with Gasteiger partial charge in [0, 0.05) is 11.1 Å². The Morgan fingerprint density at radius 1 is 1.17 bits per heavy atom. The van der Waals surface area contributed by atoms with E-state index in [2.05, 4.69) is 4.72 Å². The Kier molecular flexibility index (Phi) is 6.33. The van der Waals surface area contributed by atoms with Crippen molar-refractivity contribution in [1.29, 1.82) is 0 Å². The van der Waals surface area contributed by atoms with Crippen LogP contribution in [-0.2, 0) is 22.6 Å². The molecule has 0 saturated carbocycles. The van der Waals surface area contributed by atoms with Crippen molar-refractivity contribution in [3.05, 3.63) is 66.0 Å². The molecular formula is C21H22FN3O3S. The number of halogens is 1. The van der Waals surface area contributed by atoms with Gasteiger partial charge in [-0.05, 0) is 35.2 Å². The first-order chi connectivity index (χ1) is 14.0. The number of rotatable bonds is 4. The first-order valence-corrected chi connectivity index (χ1v) is 10.3. The van der Waals surface area contributed by atoms with Crippen molar-refractivity contribution < 1.29 is 18.1 Å². The van der Waals surface area contributed by atoms with Gasteiger partial charge in [-0.3, -0.25) is 13.8 Å². The molecule has 0 bridgehead atoms. The van der Waals surface area contributed by atoms with E-state index in [9.17, 15) is 9.00 Å². The van der Waals surface area contributed by atoms with Crippen LogP contribution in [0.5, 0.6) is 5.75 Å². The smallest absolute Gasteiger partial charge is 0.253 e. The fourth-order valence-electron chi connectivity index (χ4n) is 2.96. The van der Waals surface area contributed by atoms with E-state index < -0.39 is 22.9 Å². The molecule has 1 atom stereocenters. The minimum atomic E-state index is -1.87. The largest absolute Gasteiger partial charge is 0.487 e. The lowest BCUT2D eigenvalue weighted by Crippen LogP contribution is -2.24. The second-order valence-electron chi connectivity index (χ2n) is 6.10. The van der Waals surface area contributed by atoms with Gasteiger partial charge >= 0.3 is 0 Å². The molecule has 3 aromatic rings. The Balaban J connectivity index is 0.00000117. The number of fused-ring (bicyclic) bond motifs is 1. The predicted molar refractivity (Wildman–Crippen MR) is 114 cm³/mol. The topological polar surface area (TPSA) is 84.7 Å². The number of nitrogens with zero attached hydrogens (tertiary/aromatic N) is 1. The summed E-state index contributed by atoms with van der Waals surface area (Å²) in [5.74, 6) is -0.862. The molecule has 3 aromatic carbocycles. The summed E-state index contributed by atoms with van der Waals surface area (Å²) in [5, 5.41) is 0.867. The summed E-state index contributed by atoms with van der Waals surface area (Å²) in [5.41, 5.74) is 7.19. The minimum absolute atomic E-state index is 0.0140. The van der Waals surface area contributed by atoms with Crippen LogP contribution in [0.3, 0.4) is 0 Å². The lowest BCUT2D eigenvalue weighted by atomic mass is 10.1. The second kappa shape index (κ2) is 8.91. The summed E-state index contributed by atoms with van der Waals surface area (Å²) in [7, 11) is 0. The van der Waals surface area contributed by atoms with E-state index in [0.29, 0.717) is 16.5 Å². The number of hydrogen-bond donors (Lipinski definition) is 2. The Bertz CT molecular complexity index is 1060. The quantitative estimate of drug-likeness (QED) is 0.637. The van der Waals surface area contributed by atoms with E-state index >= 15 is 4.39 Å². The number of nitrogen functional groups attached to an aromatic ring is 1. The summed E-state index contributed by atoms with van der Waals surface area (Å²) in [6.07, 6.45) is 0. The number of benzene rings is 3. The monoisotopic (exact) mass is 415 g/mol. The van der Waals surface area contributed by atoms with E-state index in [1.807, 2.05) is 44.2 Å². The van der Waals surface area contributed by atoms with Crippen LogP contribution in [0.4, 0.5) is 15.8 Å². The molecule has 3 N–H and O–H groups in total. The number of anilines is 2. The SMILES string of the molecule is CC.Nc1ccc2c(F)c(N3CC(=O)NS3=O)c(OCc3ccccc3)cc2c1. The van der Waals surface area contributed by atoms with Gasteiger partial charge in [0.2, 0.25) is 11.2 Å². The van der Waals surface area contributed by atoms with E-state index in [1.165, 1.54) is 0 Å². The first kappa shape index (κ1) is 20.6. The van der Waals surface area contributed by atoms with Crippen molar-refractivity contribution in [2.45, 2.75) is 20.5 Å². The fraction of sp³-hybridized carbons (Fsp3) is 0.190. The molecule has 0 spiro atoms. The van der Waals surface area contributed by atoms with E-state index in [1.54, 1.807) is 24.3 Å². The van der Waals surface area contributed by atoms with Crippen molar-refractivity contribution in [2.24, 2.45) is 0 Å². The molecule has 29 heavy (non-hydrogen) atoms. The third-order valence-corrected chi connectivity index (χ3v) is 5.33. The van der Waals surface area contributed by atoms with E-state index in [4.69, 9.17) is 10.5 Å². The number of carbonyl (C=O) groups excluding carboxylic acids is 1. The summed E-state index contributed by atoms with van der Waals surface area (Å²) < 4.78 is 36.8.